The number of nitrogens with zero attached hydrogens (tertiary/aromatic N) is 2. The number of quaternary nitrogens is 1. The number of carbonyl (C=O) groups excluding carboxylic acids is 2. The number of amides is 2. The fraction of sp³-hybridized carbons (Fsp3) is 0.316. The molecule has 0 saturated heterocycles. The summed E-state index contributed by atoms with van der Waals surface area (Å²) in [5.41, 5.74) is 0.539. The summed E-state index contributed by atoms with van der Waals surface area (Å²) < 4.78 is 5.28. The molecule has 0 radical (unpaired) electrons. The lowest BCUT2D eigenvalue weighted by Gasteiger charge is -2.22. The van der Waals surface area contributed by atoms with Gasteiger partial charge in [0.05, 0.1) is 43.1 Å². The van der Waals surface area contributed by atoms with Crippen molar-refractivity contribution in [3.63, 3.8) is 0 Å². The summed E-state index contributed by atoms with van der Waals surface area (Å²) in [7, 11) is 1.76. The van der Waals surface area contributed by atoms with Crippen molar-refractivity contribution in [2.45, 2.75) is 13.0 Å². The number of hydrogen-bond donors (Lipinski definition) is 2. The minimum atomic E-state index is -0.233. The largest absolute Gasteiger partial charge is 0.467 e. The number of nitrogens with one attached hydrogen (secondary N) is 2. The van der Waals surface area contributed by atoms with E-state index in [0.717, 1.165) is 4.90 Å². The molecule has 1 atom stereocenters. The van der Waals surface area contributed by atoms with Crippen molar-refractivity contribution >= 4 is 29.1 Å². The van der Waals surface area contributed by atoms with Gasteiger partial charge in [-0.1, -0.05) is 23.7 Å². The first-order chi connectivity index (χ1) is 13.0. The molecule has 2 N–H and O–H groups in total. The van der Waals surface area contributed by atoms with E-state index in [9.17, 15) is 9.59 Å². The highest BCUT2D eigenvalue weighted by atomic mass is 35.5. The number of halogens is 1. The molecule has 0 fully saturated rings. The molecule has 1 heterocycles. The molecular weight excluding hydrogens is 368 g/mol. The van der Waals surface area contributed by atoms with Gasteiger partial charge in [0.2, 0.25) is 0 Å². The predicted octanol–water partition coefficient (Wildman–Crippen LogP) is 1.33. The normalized spacial score (nSPS) is 11.4. The van der Waals surface area contributed by atoms with E-state index in [1.807, 2.05) is 6.07 Å². The van der Waals surface area contributed by atoms with Gasteiger partial charge in [-0.2, -0.15) is 5.26 Å². The molecule has 8 heteroatoms. The minimum absolute atomic E-state index is 0.115. The van der Waals surface area contributed by atoms with Gasteiger partial charge in [-0.3, -0.25) is 9.59 Å². The quantitative estimate of drug-likeness (QED) is 0.677. The first-order valence-corrected chi connectivity index (χ1v) is 8.90. The fourth-order valence-electron chi connectivity index (χ4n) is 2.53. The van der Waals surface area contributed by atoms with E-state index in [2.05, 4.69) is 5.32 Å². The molecule has 1 unspecified atom stereocenters. The Kier molecular flexibility index (Phi) is 7.86. The monoisotopic (exact) mass is 389 g/mol. The number of para-hydroxylation sites is 1. The van der Waals surface area contributed by atoms with E-state index in [1.165, 1.54) is 0 Å². The van der Waals surface area contributed by atoms with Crippen LogP contribution in [0.25, 0.3) is 0 Å². The minimum Gasteiger partial charge on any atom is -0.467 e. The standard InChI is InChI=1S/C19H21ClN4O3/c1-23(13-18(25)22-17-8-3-2-7-16(17)20)14-19(26)24(10-5-9-21)12-15-6-4-11-27-15/h2-4,6-8,11H,5,10,12-14H2,1H3,(H,22,25)/p+1. The molecular formula is C19H22ClN4O3+. The molecule has 2 rings (SSSR count). The van der Waals surface area contributed by atoms with Crippen molar-refractivity contribution in [2.24, 2.45) is 0 Å². The first kappa shape index (κ1) is 20.5. The van der Waals surface area contributed by atoms with E-state index in [0.29, 0.717) is 29.6 Å². The highest BCUT2D eigenvalue weighted by molar-refractivity contribution is 6.33. The summed E-state index contributed by atoms with van der Waals surface area (Å²) >= 11 is 6.03. The number of likely N-dealkylation sites (N-methyl/N-ethyl adjacent to an activating group) is 1. The Bertz CT molecular complexity index is 802. The molecule has 0 saturated carbocycles. The van der Waals surface area contributed by atoms with Crippen molar-refractivity contribution in [1.82, 2.24) is 4.90 Å². The van der Waals surface area contributed by atoms with Gasteiger partial charge in [-0.25, -0.2) is 0 Å². The molecule has 2 aromatic rings. The molecule has 0 bridgehead atoms. The molecule has 1 aromatic heterocycles. The van der Waals surface area contributed by atoms with Gasteiger partial charge in [0.25, 0.3) is 11.8 Å². The van der Waals surface area contributed by atoms with Gasteiger partial charge < -0.3 is 19.5 Å². The molecule has 0 aliphatic rings. The van der Waals surface area contributed by atoms with Crippen LogP contribution in [0.4, 0.5) is 5.69 Å². The molecule has 27 heavy (non-hydrogen) atoms. The van der Waals surface area contributed by atoms with Crippen LogP contribution in [0.1, 0.15) is 12.2 Å². The van der Waals surface area contributed by atoms with Crippen LogP contribution in [0.3, 0.4) is 0 Å². The SMILES string of the molecule is C[NH+](CC(=O)Nc1ccccc1Cl)CC(=O)N(CCC#N)Cc1ccco1. The van der Waals surface area contributed by atoms with E-state index in [1.54, 1.807) is 54.6 Å². The van der Waals surface area contributed by atoms with E-state index in [-0.39, 0.29) is 31.3 Å². The molecule has 2 amide bonds. The number of hydrogen-bond acceptors (Lipinski definition) is 4. The van der Waals surface area contributed by atoms with Crippen LogP contribution in [0.5, 0.6) is 0 Å². The fourth-order valence-corrected chi connectivity index (χ4v) is 2.71. The average Bonchev–Trinajstić information content (AvgIpc) is 3.13. The zero-order valence-electron chi connectivity index (χ0n) is 15.1. The smallest absolute Gasteiger partial charge is 0.279 e. The maximum atomic E-state index is 12.6. The Labute approximate surface area is 163 Å². The second-order valence-electron chi connectivity index (χ2n) is 6.14. The number of nitriles is 1. The van der Waals surface area contributed by atoms with E-state index < -0.39 is 0 Å². The summed E-state index contributed by atoms with van der Waals surface area (Å²) in [5, 5.41) is 12.0. The third kappa shape index (κ3) is 6.77. The highest BCUT2D eigenvalue weighted by Gasteiger charge is 2.21. The van der Waals surface area contributed by atoms with Gasteiger partial charge in [0, 0.05) is 6.54 Å². The van der Waals surface area contributed by atoms with Crippen LogP contribution in [-0.4, -0.2) is 43.4 Å². The lowest BCUT2D eigenvalue weighted by Crippen LogP contribution is -3.11. The van der Waals surface area contributed by atoms with Gasteiger partial charge in [0.1, 0.15) is 5.76 Å². The van der Waals surface area contributed by atoms with Gasteiger partial charge in [-0.05, 0) is 24.3 Å². The van der Waals surface area contributed by atoms with E-state index >= 15 is 0 Å². The molecule has 7 nitrogen and oxygen atoms in total. The van der Waals surface area contributed by atoms with Gasteiger partial charge in [0.15, 0.2) is 13.1 Å². The third-order valence-electron chi connectivity index (χ3n) is 3.84. The Morgan fingerprint density at radius 2 is 2.04 bits per heavy atom. The number of anilines is 1. The highest BCUT2D eigenvalue weighted by Crippen LogP contribution is 2.19. The Balaban J connectivity index is 1.88. The number of carbonyl (C=O) groups is 2. The lowest BCUT2D eigenvalue weighted by molar-refractivity contribution is -0.862. The van der Waals surface area contributed by atoms with Gasteiger partial charge in [-0.15, -0.1) is 0 Å². The lowest BCUT2D eigenvalue weighted by atomic mass is 10.3. The summed E-state index contributed by atoms with van der Waals surface area (Å²) in [6, 6.07) is 12.5. The molecule has 0 aliphatic heterocycles. The summed E-state index contributed by atoms with van der Waals surface area (Å²) in [6.07, 6.45) is 1.77. The van der Waals surface area contributed by atoms with Crippen molar-refractivity contribution in [2.75, 3.05) is 32.0 Å². The van der Waals surface area contributed by atoms with Gasteiger partial charge >= 0.3 is 0 Å². The van der Waals surface area contributed by atoms with Crippen LogP contribution in [0.2, 0.25) is 5.02 Å². The predicted molar refractivity (Wildman–Crippen MR) is 101 cm³/mol. The zero-order valence-corrected chi connectivity index (χ0v) is 15.8. The third-order valence-corrected chi connectivity index (χ3v) is 4.17. The number of benzene rings is 1. The summed E-state index contributed by atoms with van der Waals surface area (Å²) in [4.78, 5) is 27.1. The summed E-state index contributed by atoms with van der Waals surface area (Å²) in [5.74, 6) is 0.267. The first-order valence-electron chi connectivity index (χ1n) is 8.52. The Morgan fingerprint density at radius 1 is 1.26 bits per heavy atom. The second kappa shape index (κ2) is 10.4. The van der Waals surface area contributed by atoms with E-state index in [4.69, 9.17) is 21.3 Å². The Morgan fingerprint density at radius 3 is 2.70 bits per heavy atom. The van der Waals surface area contributed by atoms with Crippen LogP contribution in [0, 0.1) is 11.3 Å². The maximum absolute atomic E-state index is 12.6. The van der Waals surface area contributed by atoms with Crippen LogP contribution < -0.4 is 10.2 Å². The van der Waals surface area contributed by atoms with Crippen LogP contribution in [0.15, 0.2) is 47.1 Å². The van der Waals surface area contributed by atoms with Crippen molar-refractivity contribution in [3.05, 3.63) is 53.4 Å². The van der Waals surface area contributed by atoms with Crippen LogP contribution in [-0.2, 0) is 16.1 Å². The molecule has 1 aromatic carbocycles. The van der Waals surface area contributed by atoms with Crippen molar-refractivity contribution in [1.29, 1.82) is 5.26 Å². The number of rotatable bonds is 9. The molecule has 142 valence electrons. The topological polar surface area (TPSA) is 90.8 Å². The van der Waals surface area contributed by atoms with Crippen molar-refractivity contribution < 1.29 is 18.9 Å². The summed E-state index contributed by atoms with van der Waals surface area (Å²) in [6.45, 7) is 0.855. The zero-order chi connectivity index (χ0) is 19.6. The molecule has 0 spiro atoms. The Hall–Kier alpha value is -2.82. The molecule has 0 aliphatic carbocycles. The van der Waals surface area contributed by atoms with Crippen molar-refractivity contribution in [3.8, 4) is 6.07 Å². The number of furan rings is 1. The maximum Gasteiger partial charge on any atom is 0.279 e. The van der Waals surface area contributed by atoms with Crippen LogP contribution >= 0.6 is 11.6 Å². The second-order valence-corrected chi connectivity index (χ2v) is 6.55. The average molecular weight is 390 g/mol.